The van der Waals surface area contributed by atoms with Crippen LogP contribution in [0.1, 0.15) is 46.0 Å². The van der Waals surface area contributed by atoms with Gasteiger partial charge in [0.25, 0.3) is 0 Å². The summed E-state index contributed by atoms with van der Waals surface area (Å²) in [6.45, 7) is 8.79. The molecule has 1 amide bonds. The molecule has 0 radical (unpaired) electrons. The Morgan fingerprint density at radius 2 is 1.95 bits per heavy atom. The summed E-state index contributed by atoms with van der Waals surface area (Å²) in [6.07, 6.45) is 5.54. The van der Waals surface area contributed by atoms with Crippen molar-refractivity contribution >= 4 is 5.91 Å². The van der Waals surface area contributed by atoms with Crippen LogP contribution in [0, 0.1) is 17.8 Å². The zero-order valence-corrected chi connectivity index (χ0v) is 13.1. The van der Waals surface area contributed by atoms with E-state index < -0.39 is 0 Å². The molecule has 1 saturated carbocycles. The van der Waals surface area contributed by atoms with E-state index in [0.29, 0.717) is 11.8 Å². The predicted octanol–water partition coefficient (Wildman–Crippen LogP) is 1.60. The summed E-state index contributed by atoms with van der Waals surface area (Å²) >= 11 is 0. The first-order valence-corrected chi connectivity index (χ1v) is 8.35. The van der Waals surface area contributed by atoms with Gasteiger partial charge in [-0.1, -0.05) is 13.8 Å². The molecule has 0 spiro atoms. The molecule has 1 saturated heterocycles. The fraction of sp³-hybridized carbons (Fsp3) is 0.938. The van der Waals surface area contributed by atoms with E-state index in [1.54, 1.807) is 0 Å². The minimum atomic E-state index is 0.0366. The normalized spacial score (nSPS) is 33.0. The van der Waals surface area contributed by atoms with Crippen LogP contribution in [0.4, 0.5) is 0 Å². The molecule has 2 rings (SSSR count). The van der Waals surface area contributed by atoms with E-state index in [4.69, 9.17) is 5.73 Å². The number of nitrogens with two attached hydrogens (primary N) is 1. The number of piperidine rings is 1. The summed E-state index contributed by atoms with van der Waals surface area (Å²) in [6, 6.07) is 0.0631. The number of carbonyl (C=O) groups excluding carboxylic acids is 1. The van der Waals surface area contributed by atoms with Crippen LogP contribution in [0.3, 0.4) is 0 Å². The van der Waals surface area contributed by atoms with Crippen molar-refractivity contribution in [3.8, 4) is 0 Å². The highest BCUT2D eigenvalue weighted by Gasteiger charge is 2.31. The Bertz CT molecular complexity index is 313. The molecule has 4 heteroatoms. The van der Waals surface area contributed by atoms with Gasteiger partial charge in [-0.05, 0) is 63.6 Å². The second-order valence-electron chi connectivity index (χ2n) is 6.81. The Labute approximate surface area is 123 Å². The highest BCUT2D eigenvalue weighted by Crippen LogP contribution is 2.28. The average molecular weight is 281 g/mol. The van der Waals surface area contributed by atoms with Crippen molar-refractivity contribution in [3.63, 3.8) is 0 Å². The molecule has 2 fully saturated rings. The second-order valence-corrected chi connectivity index (χ2v) is 6.81. The van der Waals surface area contributed by atoms with Gasteiger partial charge in [-0.15, -0.1) is 0 Å². The topological polar surface area (TPSA) is 58.4 Å². The summed E-state index contributed by atoms with van der Waals surface area (Å²) in [4.78, 5) is 14.8. The Hall–Kier alpha value is -0.610. The molecule has 3 unspecified atom stereocenters. The van der Waals surface area contributed by atoms with Gasteiger partial charge in [0.15, 0.2) is 0 Å². The van der Waals surface area contributed by atoms with Gasteiger partial charge in [0.1, 0.15) is 0 Å². The number of nitrogens with one attached hydrogen (secondary N) is 1. The lowest BCUT2D eigenvalue weighted by Crippen LogP contribution is -2.47. The van der Waals surface area contributed by atoms with Gasteiger partial charge < -0.3 is 16.0 Å². The summed E-state index contributed by atoms with van der Waals surface area (Å²) in [7, 11) is 0. The fourth-order valence-corrected chi connectivity index (χ4v) is 3.59. The van der Waals surface area contributed by atoms with Crippen molar-refractivity contribution in [3.05, 3.63) is 0 Å². The molecular weight excluding hydrogens is 250 g/mol. The summed E-state index contributed by atoms with van der Waals surface area (Å²) in [5.41, 5.74) is 6.12. The standard InChI is InChI=1S/C16H31N3O/c1-3-19-8-6-13(7-9-19)11-18-16(20)14-10-12(2)4-5-15(14)17/h12-15H,3-11,17H2,1-2H3,(H,18,20). The van der Waals surface area contributed by atoms with Crippen LogP contribution in [-0.4, -0.2) is 43.0 Å². The number of carbonyl (C=O) groups is 1. The van der Waals surface area contributed by atoms with Crippen LogP contribution >= 0.6 is 0 Å². The molecule has 0 aromatic heterocycles. The maximum Gasteiger partial charge on any atom is 0.224 e. The highest BCUT2D eigenvalue weighted by atomic mass is 16.1. The van der Waals surface area contributed by atoms with E-state index in [1.165, 1.54) is 32.4 Å². The van der Waals surface area contributed by atoms with E-state index >= 15 is 0 Å². The van der Waals surface area contributed by atoms with Crippen molar-refractivity contribution in [2.75, 3.05) is 26.2 Å². The third-order valence-corrected chi connectivity index (χ3v) is 5.22. The molecule has 1 heterocycles. The lowest BCUT2D eigenvalue weighted by Gasteiger charge is -2.33. The van der Waals surface area contributed by atoms with Crippen LogP contribution in [0.2, 0.25) is 0 Å². The Balaban J connectivity index is 1.72. The first kappa shape index (κ1) is 15.8. The minimum absolute atomic E-state index is 0.0366. The molecule has 1 aliphatic carbocycles. The monoisotopic (exact) mass is 281 g/mol. The average Bonchev–Trinajstić information content (AvgIpc) is 2.47. The van der Waals surface area contributed by atoms with Crippen LogP contribution in [0.15, 0.2) is 0 Å². The number of amides is 1. The molecular formula is C16H31N3O. The maximum absolute atomic E-state index is 12.3. The van der Waals surface area contributed by atoms with Gasteiger partial charge in [-0.3, -0.25) is 4.79 Å². The zero-order valence-electron chi connectivity index (χ0n) is 13.1. The number of rotatable bonds is 4. The molecule has 3 atom stereocenters. The molecule has 116 valence electrons. The molecule has 2 aliphatic rings. The molecule has 4 nitrogen and oxygen atoms in total. The molecule has 1 aliphatic heterocycles. The molecule has 0 aromatic carbocycles. The van der Waals surface area contributed by atoms with Crippen molar-refractivity contribution < 1.29 is 4.79 Å². The number of nitrogens with zero attached hydrogens (tertiary/aromatic N) is 1. The van der Waals surface area contributed by atoms with Crippen molar-refractivity contribution in [1.29, 1.82) is 0 Å². The van der Waals surface area contributed by atoms with Crippen LogP contribution in [0.25, 0.3) is 0 Å². The first-order chi connectivity index (χ1) is 9.60. The quantitative estimate of drug-likeness (QED) is 0.823. The highest BCUT2D eigenvalue weighted by molar-refractivity contribution is 5.79. The Kier molecular flexibility index (Phi) is 5.85. The van der Waals surface area contributed by atoms with E-state index in [0.717, 1.165) is 25.9 Å². The molecule has 0 aromatic rings. The van der Waals surface area contributed by atoms with E-state index in [-0.39, 0.29) is 17.9 Å². The predicted molar refractivity (Wildman–Crippen MR) is 82.3 cm³/mol. The Morgan fingerprint density at radius 1 is 1.25 bits per heavy atom. The van der Waals surface area contributed by atoms with Gasteiger partial charge in [-0.2, -0.15) is 0 Å². The lowest BCUT2D eigenvalue weighted by atomic mass is 9.78. The largest absolute Gasteiger partial charge is 0.356 e. The van der Waals surface area contributed by atoms with Gasteiger partial charge in [0.2, 0.25) is 5.91 Å². The Morgan fingerprint density at radius 3 is 2.60 bits per heavy atom. The third-order valence-electron chi connectivity index (χ3n) is 5.22. The van der Waals surface area contributed by atoms with Crippen molar-refractivity contribution in [1.82, 2.24) is 10.2 Å². The second kappa shape index (κ2) is 7.41. The molecule has 0 bridgehead atoms. The fourth-order valence-electron chi connectivity index (χ4n) is 3.59. The molecule has 20 heavy (non-hydrogen) atoms. The van der Waals surface area contributed by atoms with Gasteiger partial charge >= 0.3 is 0 Å². The van der Waals surface area contributed by atoms with Crippen LogP contribution < -0.4 is 11.1 Å². The van der Waals surface area contributed by atoms with Crippen molar-refractivity contribution in [2.24, 2.45) is 23.5 Å². The van der Waals surface area contributed by atoms with Crippen molar-refractivity contribution in [2.45, 2.75) is 52.0 Å². The van der Waals surface area contributed by atoms with Crippen LogP contribution in [0.5, 0.6) is 0 Å². The SMILES string of the molecule is CCN1CCC(CNC(=O)C2CC(C)CCC2N)CC1. The van der Waals surface area contributed by atoms with E-state index in [1.807, 2.05) is 0 Å². The summed E-state index contributed by atoms with van der Waals surface area (Å²) in [5.74, 6) is 1.52. The number of likely N-dealkylation sites (tertiary alicyclic amines) is 1. The van der Waals surface area contributed by atoms with Gasteiger partial charge in [-0.25, -0.2) is 0 Å². The number of hydrogen-bond donors (Lipinski definition) is 2. The zero-order chi connectivity index (χ0) is 14.5. The smallest absolute Gasteiger partial charge is 0.224 e. The molecule has 3 N–H and O–H groups in total. The minimum Gasteiger partial charge on any atom is -0.356 e. The number of hydrogen-bond acceptors (Lipinski definition) is 3. The van der Waals surface area contributed by atoms with E-state index in [9.17, 15) is 4.79 Å². The summed E-state index contributed by atoms with van der Waals surface area (Å²) in [5, 5.41) is 3.17. The van der Waals surface area contributed by atoms with Gasteiger partial charge in [0.05, 0.1) is 5.92 Å². The van der Waals surface area contributed by atoms with Crippen LogP contribution in [-0.2, 0) is 4.79 Å². The summed E-state index contributed by atoms with van der Waals surface area (Å²) < 4.78 is 0. The lowest BCUT2D eigenvalue weighted by molar-refractivity contribution is -0.127. The first-order valence-electron chi connectivity index (χ1n) is 8.35. The van der Waals surface area contributed by atoms with Gasteiger partial charge in [0, 0.05) is 12.6 Å². The maximum atomic E-state index is 12.3. The van der Waals surface area contributed by atoms with E-state index in [2.05, 4.69) is 24.1 Å². The third kappa shape index (κ3) is 4.19.